The average molecular weight is 248 g/mol. The number of carbonyl (C=O) groups excluding carboxylic acids is 1. The maximum atomic E-state index is 11.1. The van der Waals surface area contributed by atoms with Crippen LogP contribution in [0.2, 0.25) is 0 Å². The number of nitrogens with zero attached hydrogens (tertiary/aromatic N) is 2. The van der Waals surface area contributed by atoms with Gasteiger partial charge in [-0.25, -0.2) is 9.97 Å². The van der Waals surface area contributed by atoms with E-state index >= 15 is 0 Å². The summed E-state index contributed by atoms with van der Waals surface area (Å²) in [5.41, 5.74) is 0.964. The maximum Gasteiger partial charge on any atom is 0.220 e. The van der Waals surface area contributed by atoms with E-state index in [0.29, 0.717) is 12.3 Å². The molecule has 0 saturated carbocycles. The van der Waals surface area contributed by atoms with Crippen molar-refractivity contribution in [2.75, 3.05) is 11.9 Å². The Labute approximate surface area is 107 Å². The summed E-state index contributed by atoms with van der Waals surface area (Å²) in [4.78, 5) is 20.0. The highest BCUT2D eigenvalue weighted by Crippen LogP contribution is 2.14. The fraction of sp³-hybridized carbons (Fsp3) is 0.615. The molecule has 0 radical (unpaired) electrons. The molecule has 0 spiro atoms. The largest absolute Gasteiger partial charge is 0.368 e. The maximum absolute atomic E-state index is 11.1. The Morgan fingerprint density at radius 1 is 1.50 bits per heavy atom. The zero-order valence-electron chi connectivity index (χ0n) is 11.2. The molecule has 1 unspecified atom stereocenters. The second-order valence-electron chi connectivity index (χ2n) is 5.09. The van der Waals surface area contributed by atoms with Crippen molar-refractivity contribution in [3.63, 3.8) is 0 Å². The summed E-state index contributed by atoms with van der Waals surface area (Å²) >= 11 is 0. The van der Waals surface area contributed by atoms with Gasteiger partial charge in [0.25, 0.3) is 0 Å². The molecule has 5 heteroatoms. The minimum atomic E-state index is 0.142. The van der Waals surface area contributed by atoms with Crippen LogP contribution in [-0.2, 0) is 4.79 Å². The van der Waals surface area contributed by atoms with Crippen LogP contribution in [0.5, 0.6) is 0 Å². The quantitative estimate of drug-likeness (QED) is 0.849. The van der Waals surface area contributed by atoms with E-state index in [2.05, 4.69) is 34.4 Å². The van der Waals surface area contributed by atoms with Crippen LogP contribution < -0.4 is 10.6 Å². The van der Waals surface area contributed by atoms with Crippen molar-refractivity contribution < 1.29 is 4.79 Å². The topological polar surface area (TPSA) is 66.9 Å². The van der Waals surface area contributed by atoms with E-state index in [9.17, 15) is 4.79 Å². The molecule has 0 bridgehead atoms. The number of hydrogen-bond acceptors (Lipinski definition) is 4. The van der Waals surface area contributed by atoms with Crippen LogP contribution in [0, 0.1) is 6.92 Å². The summed E-state index contributed by atoms with van der Waals surface area (Å²) in [6, 6.07) is 2.15. The zero-order valence-corrected chi connectivity index (χ0v) is 11.2. The molecule has 1 aromatic rings. The molecule has 0 aliphatic carbocycles. The first kappa shape index (κ1) is 12.8. The number of hydrogen-bond donors (Lipinski definition) is 2. The molecule has 1 aliphatic rings. The smallest absolute Gasteiger partial charge is 0.220 e. The molecule has 1 saturated heterocycles. The van der Waals surface area contributed by atoms with Gasteiger partial charge < -0.3 is 10.6 Å². The Balaban J connectivity index is 1.98. The number of aromatic nitrogens is 2. The molecule has 1 aliphatic heterocycles. The first-order valence-electron chi connectivity index (χ1n) is 6.43. The van der Waals surface area contributed by atoms with Gasteiger partial charge in [-0.2, -0.15) is 0 Å². The lowest BCUT2D eigenvalue weighted by molar-refractivity contribution is -0.119. The Hall–Kier alpha value is -1.65. The molecule has 0 aromatic carbocycles. The van der Waals surface area contributed by atoms with Crippen molar-refractivity contribution in [3.05, 3.63) is 17.6 Å². The Morgan fingerprint density at radius 2 is 2.28 bits per heavy atom. The molecule has 1 amide bonds. The molecule has 18 heavy (non-hydrogen) atoms. The lowest BCUT2D eigenvalue weighted by Gasteiger charge is -2.13. The molecule has 2 N–H and O–H groups in total. The van der Waals surface area contributed by atoms with Crippen molar-refractivity contribution in [2.45, 2.75) is 45.6 Å². The van der Waals surface area contributed by atoms with Crippen molar-refractivity contribution in [3.8, 4) is 0 Å². The van der Waals surface area contributed by atoms with E-state index < -0.39 is 0 Å². The second-order valence-corrected chi connectivity index (χ2v) is 5.09. The van der Waals surface area contributed by atoms with E-state index in [1.165, 1.54) is 0 Å². The predicted octanol–water partition coefficient (Wildman–Crippen LogP) is 1.60. The van der Waals surface area contributed by atoms with Crippen LogP contribution >= 0.6 is 0 Å². The highest BCUT2D eigenvalue weighted by molar-refractivity contribution is 5.78. The first-order chi connectivity index (χ1) is 8.54. The van der Waals surface area contributed by atoms with Crippen LogP contribution in [0.4, 0.5) is 5.82 Å². The highest BCUT2D eigenvalue weighted by atomic mass is 16.1. The van der Waals surface area contributed by atoms with Gasteiger partial charge in [-0.3, -0.25) is 4.79 Å². The predicted molar refractivity (Wildman–Crippen MR) is 70.5 cm³/mol. The van der Waals surface area contributed by atoms with Crippen LogP contribution in [0.25, 0.3) is 0 Å². The van der Waals surface area contributed by atoms with Gasteiger partial charge in [0, 0.05) is 36.7 Å². The minimum absolute atomic E-state index is 0.142. The minimum Gasteiger partial charge on any atom is -0.368 e. The molecular weight excluding hydrogens is 228 g/mol. The summed E-state index contributed by atoms with van der Waals surface area (Å²) in [5, 5.41) is 6.21. The Bertz CT molecular complexity index is 445. The van der Waals surface area contributed by atoms with Crippen molar-refractivity contribution in [1.29, 1.82) is 0 Å². The van der Waals surface area contributed by atoms with Crippen LogP contribution in [0.1, 0.15) is 44.1 Å². The fourth-order valence-electron chi connectivity index (χ4n) is 2.00. The summed E-state index contributed by atoms with van der Waals surface area (Å²) in [5.74, 6) is 2.15. The van der Waals surface area contributed by atoms with Gasteiger partial charge in [-0.05, 0) is 13.3 Å². The van der Waals surface area contributed by atoms with E-state index in [-0.39, 0.29) is 11.9 Å². The van der Waals surface area contributed by atoms with E-state index in [1.807, 2.05) is 13.0 Å². The van der Waals surface area contributed by atoms with Crippen LogP contribution in [0.15, 0.2) is 6.07 Å². The monoisotopic (exact) mass is 248 g/mol. The number of anilines is 1. The third-order valence-electron chi connectivity index (χ3n) is 3.00. The Morgan fingerprint density at radius 3 is 2.89 bits per heavy atom. The normalized spacial score (nSPS) is 19.1. The molecule has 98 valence electrons. The van der Waals surface area contributed by atoms with Gasteiger partial charge in [0.2, 0.25) is 5.91 Å². The summed E-state index contributed by atoms with van der Waals surface area (Å²) in [6.45, 7) is 6.85. The van der Waals surface area contributed by atoms with Crippen LogP contribution in [0.3, 0.4) is 0 Å². The average Bonchev–Trinajstić information content (AvgIpc) is 2.72. The molecule has 2 rings (SSSR count). The van der Waals surface area contributed by atoms with E-state index in [0.717, 1.165) is 30.3 Å². The third kappa shape index (κ3) is 3.18. The summed E-state index contributed by atoms with van der Waals surface area (Å²) < 4.78 is 0. The van der Waals surface area contributed by atoms with Gasteiger partial charge in [0.15, 0.2) is 0 Å². The summed E-state index contributed by atoms with van der Waals surface area (Å²) in [6.07, 6.45) is 1.53. The molecule has 1 fully saturated rings. The zero-order chi connectivity index (χ0) is 13.1. The van der Waals surface area contributed by atoms with Crippen molar-refractivity contribution >= 4 is 11.7 Å². The summed E-state index contributed by atoms with van der Waals surface area (Å²) in [7, 11) is 0. The number of rotatable bonds is 4. The van der Waals surface area contributed by atoms with E-state index in [1.54, 1.807) is 0 Å². The number of amides is 1. The number of nitrogens with one attached hydrogen (secondary N) is 2. The second kappa shape index (κ2) is 5.33. The third-order valence-corrected chi connectivity index (χ3v) is 3.00. The van der Waals surface area contributed by atoms with Crippen molar-refractivity contribution in [2.24, 2.45) is 0 Å². The van der Waals surface area contributed by atoms with Crippen LogP contribution in [-0.4, -0.2) is 28.5 Å². The molecule has 2 heterocycles. The fourth-order valence-corrected chi connectivity index (χ4v) is 2.00. The molecule has 5 nitrogen and oxygen atoms in total. The number of carbonyl (C=O) groups is 1. The lowest BCUT2D eigenvalue weighted by Crippen LogP contribution is -2.32. The van der Waals surface area contributed by atoms with Gasteiger partial charge in [0.05, 0.1) is 0 Å². The highest BCUT2D eigenvalue weighted by Gasteiger charge is 2.20. The lowest BCUT2D eigenvalue weighted by atomic mass is 10.2. The molecule has 1 aromatic heterocycles. The van der Waals surface area contributed by atoms with Gasteiger partial charge in [-0.15, -0.1) is 0 Å². The number of aryl methyl sites for hydroxylation is 1. The Kier molecular flexibility index (Phi) is 3.79. The van der Waals surface area contributed by atoms with E-state index in [4.69, 9.17) is 0 Å². The SMILES string of the molecule is Cc1cc(NCC2CCC(=O)N2)nc(C(C)C)n1. The van der Waals surface area contributed by atoms with Gasteiger partial charge >= 0.3 is 0 Å². The molecule has 1 atom stereocenters. The van der Waals surface area contributed by atoms with Gasteiger partial charge in [-0.1, -0.05) is 13.8 Å². The molecular formula is C13H20N4O. The van der Waals surface area contributed by atoms with Gasteiger partial charge in [0.1, 0.15) is 11.6 Å². The first-order valence-corrected chi connectivity index (χ1v) is 6.43. The van der Waals surface area contributed by atoms with Crippen molar-refractivity contribution in [1.82, 2.24) is 15.3 Å². The standard InChI is InChI=1S/C13H20N4O/c1-8(2)13-15-9(3)6-11(17-13)14-7-10-4-5-12(18)16-10/h6,8,10H,4-5,7H2,1-3H3,(H,16,18)(H,14,15,17).